The Hall–Kier alpha value is -0.850. The van der Waals surface area contributed by atoms with Crippen molar-refractivity contribution in [1.29, 1.82) is 0 Å². The van der Waals surface area contributed by atoms with Gasteiger partial charge < -0.3 is 0 Å². The summed E-state index contributed by atoms with van der Waals surface area (Å²) in [6, 6.07) is 5.54. The second-order valence-electron chi connectivity index (χ2n) is 4.78. The molecule has 14 heavy (non-hydrogen) atoms. The molecular formula is C13H19F. The smallest absolute Gasteiger partial charge is 0.126 e. The molecular weight excluding hydrogens is 175 g/mol. The normalized spacial score (nSPS) is 11.8. The average molecular weight is 194 g/mol. The monoisotopic (exact) mass is 194 g/mol. The van der Waals surface area contributed by atoms with Gasteiger partial charge in [-0.1, -0.05) is 39.3 Å². The van der Waals surface area contributed by atoms with Gasteiger partial charge in [0.15, 0.2) is 0 Å². The van der Waals surface area contributed by atoms with Crippen LogP contribution in [0.15, 0.2) is 18.2 Å². The van der Waals surface area contributed by atoms with E-state index in [4.69, 9.17) is 0 Å². The summed E-state index contributed by atoms with van der Waals surface area (Å²) in [6.45, 7) is 8.39. The summed E-state index contributed by atoms with van der Waals surface area (Å²) >= 11 is 0. The van der Waals surface area contributed by atoms with Gasteiger partial charge >= 0.3 is 0 Å². The number of benzene rings is 1. The number of rotatable bonds is 3. The summed E-state index contributed by atoms with van der Waals surface area (Å²) in [4.78, 5) is 0. The van der Waals surface area contributed by atoms with Gasteiger partial charge in [-0.3, -0.25) is 0 Å². The first-order valence-electron chi connectivity index (χ1n) is 5.19. The van der Waals surface area contributed by atoms with Gasteiger partial charge in [0.1, 0.15) is 5.82 Å². The van der Waals surface area contributed by atoms with Crippen molar-refractivity contribution < 1.29 is 4.39 Å². The van der Waals surface area contributed by atoms with E-state index < -0.39 is 0 Å². The van der Waals surface area contributed by atoms with Crippen molar-refractivity contribution in [3.05, 3.63) is 35.1 Å². The Morgan fingerprint density at radius 2 is 1.93 bits per heavy atom. The quantitative estimate of drug-likeness (QED) is 0.679. The molecule has 0 spiro atoms. The summed E-state index contributed by atoms with van der Waals surface area (Å²) in [7, 11) is 0. The number of aryl methyl sites for hydroxylation is 1. The lowest BCUT2D eigenvalue weighted by atomic mass is 9.83. The fraction of sp³-hybridized carbons (Fsp3) is 0.538. The van der Waals surface area contributed by atoms with Crippen LogP contribution in [0.5, 0.6) is 0 Å². The van der Waals surface area contributed by atoms with Crippen molar-refractivity contribution in [2.24, 2.45) is 5.41 Å². The highest BCUT2D eigenvalue weighted by atomic mass is 19.1. The van der Waals surface area contributed by atoms with E-state index in [1.807, 2.05) is 12.1 Å². The largest absolute Gasteiger partial charge is 0.207 e. The average Bonchev–Trinajstić information content (AvgIpc) is 2.11. The van der Waals surface area contributed by atoms with Crippen LogP contribution in [0.25, 0.3) is 0 Å². The van der Waals surface area contributed by atoms with Crippen LogP contribution in [-0.2, 0) is 6.42 Å². The Kier molecular flexibility index (Phi) is 3.30. The molecule has 1 heteroatoms. The van der Waals surface area contributed by atoms with E-state index in [-0.39, 0.29) is 11.2 Å². The third-order valence-electron chi connectivity index (χ3n) is 2.88. The van der Waals surface area contributed by atoms with Crippen molar-refractivity contribution in [1.82, 2.24) is 0 Å². The molecule has 0 heterocycles. The van der Waals surface area contributed by atoms with E-state index >= 15 is 0 Å². The molecule has 0 N–H and O–H groups in total. The van der Waals surface area contributed by atoms with Crippen LogP contribution in [-0.4, -0.2) is 0 Å². The highest BCUT2D eigenvalue weighted by molar-refractivity contribution is 5.24. The molecule has 1 rings (SSSR count). The van der Waals surface area contributed by atoms with Crippen LogP contribution in [0.3, 0.4) is 0 Å². The van der Waals surface area contributed by atoms with Crippen molar-refractivity contribution in [3.63, 3.8) is 0 Å². The summed E-state index contributed by atoms with van der Waals surface area (Å²) in [5, 5.41) is 0. The van der Waals surface area contributed by atoms with Crippen molar-refractivity contribution in [2.75, 3.05) is 0 Å². The second kappa shape index (κ2) is 4.12. The minimum absolute atomic E-state index is 0.0885. The molecule has 1 aromatic carbocycles. The van der Waals surface area contributed by atoms with Gasteiger partial charge in [-0.05, 0) is 36.0 Å². The maximum Gasteiger partial charge on any atom is 0.126 e. The minimum atomic E-state index is -0.0885. The van der Waals surface area contributed by atoms with E-state index in [0.29, 0.717) is 0 Å². The van der Waals surface area contributed by atoms with Crippen LogP contribution in [0, 0.1) is 18.2 Å². The first kappa shape index (κ1) is 11.2. The van der Waals surface area contributed by atoms with E-state index in [1.54, 1.807) is 13.0 Å². The van der Waals surface area contributed by atoms with E-state index in [0.717, 1.165) is 24.0 Å². The van der Waals surface area contributed by atoms with E-state index in [9.17, 15) is 4.39 Å². The van der Waals surface area contributed by atoms with Crippen molar-refractivity contribution in [2.45, 2.75) is 40.5 Å². The van der Waals surface area contributed by atoms with Gasteiger partial charge in [0.2, 0.25) is 0 Å². The first-order valence-corrected chi connectivity index (χ1v) is 5.19. The zero-order valence-corrected chi connectivity index (χ0v) is 9.52. The fourth-order valence-corrected chi connectivity index (χ4v) is 1.42. The lowest BCUT2D eigenvalue weighted by molar-refractivity contribution is 0.348. The molecule has 0 radical (unpaired) electrons. The lowest BCUT2D eigenvalue weighted by Gasteiger charge is -2.22. The van der Waals surface area contributed by atoms with Gasteiger partial charge in [0.25, 0.3) is 0 Å². The van der Waals surface area contributed by atoms with E-state index in [1.165, 1.54) is 0 Å². The number of halogens is 1. The van der Waals surface area contributed by atoms with Gasteiger partial charge in [0.05, 0.1) is 0 Å². The van der Waals surface area contributed by atoms with Crippen molar-refractivity contribution in [3.8, 4) is 0 Å². The second-order valence-corrected chi connectivity index (χ2v) is 4.78. The molecule has 0 fully saturated rings. The summed E-state index contributed by atoms with van der Waals surface area (Å²) in [5.41, 5.74) is 2.09. The van der Waals surface area contributed by atoms with Gasteiger partial charge in [-0.25, -0.2) is 4.39 Å². The van der Waals surface area contributed by atoms with Gasteiger partial charge in [0, 0.05) is 0 Å². The highest BCUT2D eigenvalue weighted by Gasteiger charge is 2.16. The molecule has 0 unspecified atom stereocenters. The van der Waals surface area contributed by atoms with Crippen LogP contribution in [0.2, 0.25) is 0 Å². The predicted molar refractivity (Wildman–Crippen MR) is 58.9 cm³/mol. The Balaban J connectivity index is 2.83. The van der Waals surface area contributed by atoms with Crippen LogP contribution in [0.4, 0.5) is 4.39 Å². The molecule has 0 saturated carbocycles. The maximum atomic E-state index is 13.3. The van der Waals surface area contributed by atoms with Crippen LogP contribution >= 0.6 is 0 Å². The molecule has 0 aliphatic carbocycles. The Bertz CT molecular complexity index is 313. The first-order chi connectivity index (χ1) is 6.44. The third-order valence-corrected chi connectivity index (χ3v) is 2.88. The van der Waals surface area contributed by atoms with E-state index in [2.05, 4.69) is 20.8 Å². The fourth-order valence-electron chi connectivity index (χ4n) is 1.42. The summed E-state index contributed by atoms with van der Waals surface area (Å²) in [6.07, 6.45) is 2.06. The standard InChI is InChI=1S/C13H19F/c1-5-13(3,4)9-11-7-6-10(2)12(14)8-11/h6-8H,5,9H2,1-4H3. The Labute approximate surface area is 86.2 Å². The van der Waals surface area contributed by atoms with Gasteiger partial charge in [-0.15, -0.1) is 0 Å². The maximum absolute atomic E-state index is 13.3. The molecule has 0 amide bonds. The molecule has 0 aromatic heterocycles. The summed E-state index contributed by atoms with van der Waals surface area (Å²) in [5.74, 6) is -0.0885. The topological polar surface area (TPSA) is 0 Å². The molecule has 0 aliphatic heterocycles. The molecule has 0 aliphatic rings. The highest BCUT2D eigenvalue weighted by Crippen LogP contribution is 2.25. The summed E-state index contributed by atoms with van der Waals surface area (Å²) < 4.78 is 13.3. The minimum Gasteiger partial charge on any atom is -0.207 e. The molecule has 0 nitrogen and oxygen atoms in total. The number of hydrogen-bond donors (Lipinski definition) is 0. The predicted octanol–water partition coefficient (Wildman–Crippen LogP) is 4.11. The van der Waals surface area contributed by atoms with Crippen LogP contribution in [0.1, 0.15) is 38.3 Å². The SMILES string of the molecule is CCC(C)(C)Cc1ccc(C)c(F)c1. The molecule has 78 valence electrons. The molecule has 0 atom stereocenters. The third kappa shape index (κ3) is 2.83. The Morgan fingerprint density at radius 1 is 1.29 bits per heavy atom. The molecule has 0 bridgehead atoms. The Morgan fingerprint density at radius 3 is 2.43 bits per heavy atom. The molecule has 0 saturated heterocycles. The molecule has 1 aromatic rings. The van der Waals surface area contributed by atoms with Crippen molar-refractivity contribution >= 4 is 0 Å². The zero-order chi connectivity index (χ0) is 10.8. The van der Waals surface area contributed by atoms with Crippen LogP contribution < -0.4 is 0 Å². The lowest BCUT2D eigenvalue weighted by Crippen LogP contribution is -2.13. The van der Waals surface area contributed by atoms with Gasteiger partial charge in [-0.2, -0.15) is 0 Å². The zero-order valence-electron chi connectivity index (χ0n) is 9.52. The number of hydrogen-bond acceptors (Lipinski definition) is 0.